The van der Waals surface area contributed by atoms with Crippen LogP contribution in [0.4, 0.5) is 5.95 Å². The number of piperazine rings is 1. The van der Waals surface area contributed by atoms with Crippen LogP contribution in [0.5, 0.6) is 0 Å². The van der Waals surface area contributed by atoms with Crippen molar-refractivity contribution in [2.75, 3.05) is 31.1 Å². The van der Waals surface area contributed by atoms with Crippen LogP contribution < -0.4 is 10.2 Å². The van der Waals surface area contributed by atoms with Crippen molar-refractivity contribution in [3.8, 4) is 0 Å². The fourth-order valence-electron chi connectivity index (χ4n) is 3.06. The Morgan fingerprint density at radius 1 is 1.16 bits per heavy atom. The molecule has 0 bridgehead atoms. The molecule has 104 valence electrons. The van der Waals surface area contributed by atoms with Crippen LogP contribution in [0.3, 0.4) is 0 Å². The Labute approximate surface area is 114 Å². The van der Waals surface area contributed by atoms with E-state index in [1.807, 2.05) is 6.20 Å². The highest BCUT2D eigenvalue weighted by Gasteiger charge is 2.22. The first-order valence-electron chi connectivity index (χ1n) is 7.48. The number of hydrogen-bond donors (Lipinski definition) is 1. The number of hydrogen-bond acceptors (Lipinski definition) is 5. The summed E-state index contributed by atoms with van der Waals surface area (Å²) in [5, 5.41) is 11.7. The van der Waals surface area contributed by atoms with E-state index in [-0.39, 0.29) is 0 Å². The zero-order chi connectivity index (χ0) is 13.1. The lowest BCUT2D eigenvalue weighted by Gasteiger charge is -2.29. The molecule has 1 saturated heterocycles. The van der Waals surface area contributed by atoms with Gasteiger partial charge in [0, 0.05) is 32.1 Å². The summed E-state index contributed by atoms with van der Waals surface area (Å²) in [6.07, 6.45) is 7.00. The van der Waals surface area contributed by atoms with Gasteiger partial charge in [-0.15, -0.1) is 5.10 Å². The van der Waals surface area contributed by atoms with Crippen molar-refractivity contribution in [1.82, 2.24) is 20.5 Å². The fraction of sp³-hybridized carbons (Fsp3) is 0.786. The third kappa shape index (κ3) is 3.03. The lowest BCUT2D eigenvalue weighted by atomic mass is 9.81. The first kappa shape index (κ1) is 12.8. The first-order chi connectivity index (χ1) is 9.33. The predicted molar refractivity (Wildman–Crippen MR) is 75.3 cm³/mol. The highest BCUT2D eigenvalue weighted by molar-refractivity contribution is 5.30. The third-order valence-electron chi connectivity index (χ3n) is 4.40. The number of nitrogens with one attached hydrogen (secondary N) is 1. The van der Waals surface area contributed by atoms with E-state index in [2.05, 4.69) is 27.3 Å². The van der Waals surface area contributed by atoms with Gasteiger partial charge in [-0.05, 0) is 18.8 Å². The molecular formula is C14H23N5. The zero-order valence-corrected chi connectivity index (χ0v) is 11.7. The van der Waals surface area contributed by atoms with Gasteiger partial charge in [-0.1, -0.05) is 19.8 Å². The molecule has 0 radical (unpaired) electrons. The predicted octanol–water partition coefficient (Wildman–Crippen LogP) is 1.57. The van der Waals surface area contributed by atoms with Gasteiger partial charge in [-0.3, -0.25) is 0 Å². The number of rotatable bonds is 2. The minimum atomic E-state index is 0.591. The molecule has 1 saturated carbocycles. The van der Waals surface area contributed by atoms with Gasteiger partial charge in [0.15, 0.2) is 0 Å². The third-order valence-corrected chi connectivity index (χ3v) is 4.40. The highest BCUT2D eigenvalue weighted by atomic mass is 15.3. The molecular weight excluding hydrogens is 238 g/mol. The standard InChI is InChI=1S/C14H23N5/c1-11-2-4-12(5-3-11)13-10-16-18-14(17-13)19-8-6-15-7-9-19/h10-12,15H,2-9H2,1H3/t11-,12-. The molecule has 0 amide bonds. The van der Waals surface area contributed by atoms with E-state index in [0.29, 0.717) is 5.92 Å². The fourth-order valence-corrected chi connectivity index (χ4v) is 3.06. The Bertz CT molecular complexity index is 408. The van der Waals surface area contributed by atoms with E-state index in [9.17, 15) is 0 Å². The average Bonchev–Trinajstić information content (AvgIpc) is 2.49. The Morgan fingerprint density at radius 2 is 1.89 bits per heavy atom. The average molecular weight is 261 g/mol. The topological polar surface area (TPSA) is 53.9 Å². The maximum Gasteiger partial charge on any atom is 0.245 e. The van der Waals surface area contributed by atoms with E-state index in [1.165, 1.54) is 25.7 Å². The smallest absolute Gasteiger partial charge is 0.245 e. The molecule has 2 heterocycles. The Kier molecular flexibility index (Phi) is 3.92. The maximum absolute atomic E-state index is 4.77. The second-order valence-electron chi connectivity index (χ2n) is 5.88. The van der Waals surface area contributed by atoms with Crippen molar-refractivity contribution < 1.29 is 0 Å². The molecule has 1 aromatic rings. The molecule has 1 aromatic heterocycles. The van der Waals surface area contributed by atoms with Crippen molar-refractivity contribution in [3.05, 3.63) is 11.9 Å². The quantitative estimate of drug-likeness (QED) is 0.876. The first-order valence-corrected chi connectivity index (χ1v) is 7.48. The molecule has 5 nitrogen and oxygen atoms in total. The molecule has 0 atom stereocenters. The summed E-state index contributed by atoms with van der Waals surface area (Å²) < 4.78 is 0. The molecule has 5 heteroatoms. The van der Waals surface area contributed by atoms with Crippen molar-refractivity contribution in [3.63, 3.8) is 0 Å². The molecule has 1 aliphatic carbocycles. The van der Waals surface area contributed by atoms with E-state index in [1.54, 1.807) is 0 Å². The van der Waals surface area contributed by atoms with Gasteiger partial charge >= 0.3 is 0 Å². The maximum atomic E-state index is 4.77. The summed E-state index contributed by atoms with van der Waals surface area (Å²) in [6, 6.07) is 0. The van der Waals surface area contributed by atoms with Gasteiger partial charge in [0.2, 0.25) is 5.95 Å². The Hall–Kier alpha value is -1.23. The molecule has 3 rings (SSSR count). The van der Waals surface area contributed by atoms with E-state index in [0.717, 1.165) is 43.7 Å². The number of aromatic nitrogens is 3. The van der Waals surface area contributed by atoms with Gasteiger partial charge in [0.05, 0.1) is 11.9 Å². The summed E-state index contributed by atoms with van der Waals surface area (Å²) in [6.45, 7) is 6.32. The minimum Gasteiger partial charge on any atom is -0.337 e. The molecule has 1 aliphatic heterocycles. The number of nitrogens with zero attached hydrogens (tertiary/aromatic N) is 4. The van der Waals surface area contributed by atoms with Gasteiger partial charge in [-0.25, -0.2) is 4.98 Å². The molecule has 0 unspecified atom stereocenters. The summed E-state index contributed by atoms with van der Waals surface area (Å²) >= 11 is 0. The molecule has 0 aromatic carbocycles. The van der Waals surface area contributed by atoms with Crippen molar-refractivity contribution >= 4 is 5.95 Å². The normalized spacial score (nSPS) is 28.4. The Morgan fingerprint density at radius 3 is 2.63 bits per heavy atom. The lowest BCUT2D eigenvalue weighted by Crippen LogP contribution is -2.44. The summed E-state index contributed by atoms with van der Waals surface area (Å²) in [7, 11) is 0. The van der Waals surface area contributed by atoms with Gasteiger partial charge in [0.1, 0.15) is 0 Å². The number of anilines is 1. The van der Waals surface area contributed by atoms with Crippen LogP contribution in [0.25, 0.3) is 0 Å². The van der Waals surface area contributed by atoms with Crippen LogP contribution in [0.1, 0.15) is 44.2 Å². The second-order valence-corrected chi connectivity index (χ2v) is 5.88. The van der Waals surface area contributed by atoms with E-state index >= 15 is 0 Å². The van der Waals surface area contributed by atoms with Crippen LogP contribution in [-0.4, -0.2) is 41.4 Å². The zero-order valence-electron chi connectivity index (χ0n) is 11.7. The summed E-state index contributed by atoms with van der Waals surface area (Å²) in [4.78, 5) is 7.00. The molecule has 19 heavy (non-hydrogen) atoms. The SMILES string of the molecule is C[C@H]1CC[C@H](c2cnnc(N3CCNCC3)n2)CC1. The molecule has 2 aliphatic rings. The van der Waals surface area contributed by atoms with Crippen LogP contribution in [0, 0.1) is 5.92 Å². The highest BCUT2D eigenvalue weighted by Crippen LogP contribution is 2.34. The lowest BCUT2D eigenvalue weighted by molar-refractivity contribution is 0.343. The summed E-state index contributed by atoms with van der Waals surface area (Å²) in [5.74, 6) is 2.28. The van der Waals surface area contributed by atoms with Gasteiger partial charge < -0.3 is 10.2 Å². The van der Waals surface area contributed by atoms with E-state index in [4.69, 9.17) is 4.98 Å². The van der Waals surface area contributed by atoms with Crippen LogP contribution >= 0.6 is 0 Å². The molecule has 1 N–H and O–H groups in total. The van der Waals surface area contributed by atoms with Crippen molar-refractivity contribution in [1.29, 1.82) is 0 Å². The summed E-state index contributed by atoms with van der Waals surface area (Å²) in [5.41, 5.74) is 1.15. The van der Waals surface area contributed by atoms with Crippen LogP contribution in [0.15, 0.2) is 6.20 Å². The van der Waals surface area contributed by atoms with Crippen molar-refractivity contribution in [2.24, 2.45) is 5.92 Å². The van der Waals surface area contributed by atoms with E-state index < -0.39 is 0 Å². The van der Waals surface area contributed by atoms with Gasteiger partial charge in [0.25, 0.3) is 0 Å². The van der Waals surface area contributed by atoms with Crippen LogP contribution in [-0.2, 0) is 0 Å². The monoisotopic (exact) mass is 261 g/mol. The van der Waals surface area contributed by atoms with Crippen molar-refractivity contribution in [2.45, 2.75) is 38.5 Å². The molecule has 0 spiro atoms. The van der Waals surface area contributed by atoms with Gasteiger partial charge in [-0.2, -0.15) is 5.10 Å². The molecule has 2 fully saturated rings. The second kappa shape index (κ2) is 5.82. The van der Waals surface area contributed by atoms with Crippen LogP contribution in [0.2, 0.25) is 0 Å². The minimum absolute atomic E-state index is 0.591. The largest absolute Gasteiger partial charge is 0.337 e. The Balaban J connectivity index is 1.72.